The van der Waals surface area contributed by atoms with E-state index in [4.69, 9.17) is 15.0 Å². The highest BCUT2D eigenvalue weighted by Gasteiger charge is 2.11. The summed E-state index contributed by atoms with van der Waals surface area (Å²) < 4.78 is 0. The molecule has 0 spiro atoms. The summed E-state index contributed by atoms with van der Waals surface area (Å²) in [4.78, 5) is 14.6. The van der Waals surface area contributed by atoms with Crippen LogP contribution in [0.3, 0.4) is 0 Å². The molecule has 3 aromatic rings. The third-order valence-electron chi connectivity index (χ3n) is 5.53. The minimum absolute atomic E-state index is 0.545. The maximum absolute atomic E-state index is 9.61. The number of rotatable bonds is 4. The van der Waals surface area contributed by atoms with Gasteiger partial charge in [-0.25, -0.2) is 4.98 Å². The lowest BCUT2D eigenvalue weighted by atomic mass is 10.0. The topological polar surface area (TPSA) is 61.4 Å². The third-order valence-corrected chi connectivity index (χ3v) is 5.53. The van der Waals surface area contributed by atoms with Crippen LogP contribution >= 0.6 is 0 Å². The number of hydrogen-bond donors (Lipinski definition) is 0. The van der Waals surface area contributed by atoms with Crippen LogP contribution in [-0.4, -0.2) is 16.4 Å². The smallest absolute Gasteiger partial charge is 0.0993 e. The normalized spacial score (nSPS) is 12.1. The minimum atomic E-state index is 0.545. The first-order chi connectivity index (χ1) is 15.1. The standard InChI is InChI=1S/C28H30N4/c1-16-9-18(3)27(19(4)10-16)30-22(7)25-13-24(15-29)14-26(32-25)23(8)31-28-20(5)11-17(2)12-21(28)6/h9-14H,1-8H3. The van der Waals surface area contributed by atoms with E-state index in [0.717, 1.165) is 45.1 Å². The second kappa shape index (κ2) is 9.28. The van der Waals surface area contributed by atoms with Gasteiger partial charge in [0.1, 0.15) is 0 Å². The van der Waals surface area contributed by atoms with Gasteiger partial charge in [-0.15, -0.1) is 0 Å². The van der Waals surface area contributed by atoms with Crippen LogP contribution in [0.1, 0.15) is 64.2 Å². The predicted octanol–water partition coefficient (Wildman–Crippen LogP) is 7.09. The molecule has 0 atom stereocenters. The molecule has 1 heterocycles. The first kappa shape index (κ1) is 23.1. The zero-order valence-corrected chi connectivity index (χ0v) is 20.3. The van der Waals surface area contributed by atoms with Crippen LogP contribution < -0.4 is 0 Å². The summed E-state index contributed by atoms with van der Waals surface area (Å²) in [5.41, 5.74) is 12.3. The van der Waals surface area contributed by atoms with Crippen molar-refractivity contribution < 1.29 is 0 Å². The average Bonchev–Trinajstić information content (AvgIpc) is 2.72. The van der Waals surface area contributed by atoms with Gasteiger partial charge in [0.2, 0.25) is 0 Å². The number of benzene rings is 2. The van der Waals surface area contributed by atoms with Gasteiger partial charge in [-0.2, -0.15) is 5.26 Å². The van der Waals surface area contributed by atoms with Gasteiger partial charge in [0.25, 0.3) is 0 Å². The van der Waals surface area contributed by atoms with Crippen molar-refractivity contribution in [2.75, 3.05) is 0 Å². The lowest BCUT2D eigenvalue weighted by molar-refractivity contribution is 1.21. The molecule has 0 bridgehead atoms. The van der Waals surface area contributed by atoms with Gasteiger partial charge >= 0.3 is 0 Å². The fourth-order valence-corrected chi connectivity index (χ4v) is 4.11. The number of hydrogen-bond acceptors (Lipinski definition) is 4. The van der Waals surface area contributed by atoms with Crippen LogP contribution in [0.5, 0.6) is 0 Å². The highest BCUT2D eigenvalue weighted by Crippen LogP contribution is 2.27. The van der Waals surface area contributed by atoms with E-state index in [2.05, 4.69) is 71.9 Å². The molecule has 4 heteroatoms. The summed E-state index contributed by atoms with van der Waals surface area (Å²) in [6.07, 6.45) is 0. The molecule has 0 aliphatic carbocycles. The van der Waals surface area contributed by atoms with Crippen molar-refractivity contribution in [1.82, 2.24) is 4.98 Å². The van der Waals surface area contributed by atoms with Crippen molar-refractivity contribution in [3.63, 3.8) is 0 Å². The molecule has 0 unspecified atom stereocenters. The first-order valence-electron chi connectivity index (χ1n) is 10.8. The summed E-state index contributed by atoms with van der Waals surface area (Å²) in [6.45, 7) is 16.3. The summed E-state index contributed by atoms with van der Waals surface area (Å²) in [7, 11) is 0. The molecule has 1 aromatic heterocycles. The maximum atomic E-state index is 9.61. The molecule has 0 fully saturated rings. The molecule has 0 saturated carbocycles. The third kappa shape index (κ3) is 5.00. The van der Waals surface area contributed by atoms with Crippen molar-refractivity contribution in [2.45, 2.75) is 55.4 Å². The average molecular weight is 423 g/mol. The van der Waals surface area contributed by atoms with E-state index >= 15 is 0 Å². The molecule has 0 aliphatic rings. The molecule has 4 nitrogen and oxygen atoms in total. The number of pyridine rings is 1. The molecular weight excluding hydrogens is 392 g/mol. The van der Waals surface area contributed by atoms with Crippen molar-refractivity contribution in [3.05, 3.63) is 86.7 Å². The van der Waals surface area contributed by atoms with Crippen molar-refractivity contribution >= 4 is 22.8 Å². The number of aliphatic imine (C=N–C) groups is 2. The molecule has 2 aromatic carbocycles. The van der Waals surface area contributed by atoms with E-state index in [1.165, 1.54) is 11.1 Å². The first-order valence-corrected chi connectivity index (χ1v) is 10.8. The Labute approximate surface area is 191 Å². The van der Waals surface area contributed by atoms with Gasteiger partial charge in [0.15, 0.2) is 0 Å². The quantitative estimate of drug-likeness (QED) is 0.422. The highest BCUT2D eigenvalue weighted by atomic mass is 14.8. The highest BCUT2D eigenvalue weighted by molar-refractivity contribution is 6.03. The zero-order chi connectivity index (χ0) is 23.6. The molecule has 32 heavy (non-hydrogen) atoms. The van der Waals surface area contributed by atoms with Crippen molar-refractivity contribution in [3.8, 4) is 6.07 Å². The van der Waals surface area contributed by atoms with Crippen molar-refractivity contribution in [1.29, 1.82) is 5.26 Å². The van der Waals surface area contributed by atoms with Gasteiger partial charge in [0.05, 0.1) is 45.8 Å². The van der Waals surface area contributed by atoms with Gasteiger partial charge in [0, 0.05) is 0 Å². The van der Waals surface area contributed by atoms with E-state index in [-0.39, 0.29) is 0 Å². The number of aryl methyl sites for hydroxylation is 6. The molecule has 0 amide bonds. The van der Waals surface area contributed by atoms with E-state index in [9.17, 15) is 5.26 Å². The minimum Gasteiger partial charge on any atom is -0.251 e. The van der Waals surface area contributed by atoms with E-state index < -0.39 is 0 Å². The van der Waals surface area contributed by atoms with Gasteiger partial charge in [-0.3, -0.25) is 9.98 Å². The number of nitrogens with zero attached hydrogens (tertiary/aromatic N) is 4. The summed E-state index contributed by atoms with van der Waals surface area (Å²) in [5.74, 6) is 0. The summed E-state index contributed by atoms with van der Waals surface area (Å²) >= 11 is 0. The maximum Gasteiger partial charge on any atom is 0.0993 e. The van der Waals surface area contributed by atoms with Gasteiger partial charge in [-0.05, 0) is 89.8 Å². The second-order valence-electron chi connectivity index (χ2n) is 8.63. The Morgan fingerprint density at radius 3 is 1.31 bits per heavy atom. The van der Waals surface area contributed by atoms with Gasteiger partial charge < -0.3 is 0 Å². The Balaban J connectivity index is 2.10. The molecule has 0 saturated heterocycles. The Morgan fingerprint density at radius 2 is 1.00 bits per heavy atom. The molecule has 0 N–H and O–H groups in total. The molecule has 0 aliphatic heterocycles. The molecule has 0 radical (unpaired) electrons. The summed E-state index contributed by atoms with van der Waals surface area (Å²) in [6, 6.07) is 14.4. The Hall–Kier alpha value is -3.58. The van der Waals surface area contributed by atoms with E-state index in [1.54, 1.807) is 12.1 Å². The lowest BCUT2D eigenvalue weighted by Gasteiger charge is -2.11. The molecular formula is C28H30N4. The van der Waals surface area contributed by atoms with Crippen LogP contribution in [0.15, 0.2) is 46.4 Å². The monoisotopic (exact) mass is 422 g/mol. The van der Waals surface area contributed by atoms with Crippen LogP contribution in [0.4, 0.5) is 11.4 Å². The predicted molar refractivity (Wildman–Crippen MR) is 134 cm³/mol. The largest absolute Gasteiger partial charge is 0.251 e. The van der Waals surface area contributed by atoms with E-state index in [0.29, 0.717) is 17.0 Å². The zero-order valence-electron chi connectivity index (χ0n) is 20.3. The Kier molecular flexibility index (Phi) is 6.69. The SMILES string of the molecule is CC(=Nc1c(C)cc(C)cc1C)c1cc(C#N)cc(C(C)=Nc2c(C)cc(C)cc2C)n1. The van der Waals surface area contributed by atoms with Crippen LogP contribution in [0, 0.1) is 52.9 Å². The molecule has 162 valence electrons. The second-order valence-corrected chi connectivity index (χ2v) is 8.63. The fourth-order valence-electron chi connectivity index (χ4n) is 4.11. The van der Waals surface area contributed by atoms with Crippen LogP contribution in [0.25, 0.3) is 0 Å². The Morgan fingerprint density at radius 1 is 0.656 bits per heavy atom. The van der Waals surface area contributed by atoms with Crippen LogP contribution in [0.2, 0.25) is 0 Å². The van der Waals surface area contributed by atoms with Crippen molar-refractivity contribution in [2.24, 2.45) is 9.98 Å². The van der Waals surface area contributed by atoms with Gasteiger partial charge in [-0.1, -0.05) is 35.4 Å². The van der Waals surface area contributed by atoms with Crippen LogP contribution in [-0.2, 0) is 0 Å². The number of nitriles is 1. The van der Waals surface area contributed by atoms with E-state index in [1.807, 2.05) is 13.8 Å². The lowest BCUT2D eigenvalue weighted by Crippen LogP contribution is -2.07. The molecule has 3 rings (SSSR count). The fraction of sp³-hybridized carbons (Fsp3) is 0.286. The Bertz CT molecular complexity index is 1170. The summed E-state index contributed by atoms with van der Waals surface area (Å²) in [5, 5.41) is 9.61. The number of aromatic nitrogens is 1.